The van der Waals surface area contributed by atoms with Crippen LogP contribution in [0.2, 0.25) is 5.02 Å². The second-order valence-corrected chi connectivity index (χ2v) is 9.39. The van der Waals surface area contributed by atoms with Crippen molar-refractivity contribution < 1.29 is 18.0 Å². The predicted octanol–water partition coefficient (Wildman–Crippen LogP) is 2.91. The van der Waals surface area contributed by atoms with E-state index in [4.69, 9.17) is 11.6 Å². The van der Waals surface area contributed by atoms with E-state index in [0.29, 0.717) is 35.1 Å². The molecule has 0 spiro atoms. The van der Waals surface area contributed by atoms with E-state index in [9.17, 15) is 18.0 Å². The van der Waals surface area contributed by atoms with Gasteiger partial charge in [-0.15, -0.1) is 0 Å². The van der Waals surface area contributed by atoms with Gasteiger partial charge in [0.2, 0.25) is 0 Å². The third-order valence-electron chi connectivity index (χ3n) is 4.94. The first kappa shape index (κ1) is 19.5. The third-order valence-corrected chi connectivity index (χ3v) is 6.99. The van der Waals surface area contributed by atoms with E-state index in [1.54, 1.807) is 35.2 Å². The van der Waals surface area contributed by atoms with Crippen LogP contribution in [0.15, 0.2) is 47.4 Å². The second kappa shape index (κ2) is 7.57. The molecule has 1 saturated heterocycles. The molecule has 0 bridgehead atoms. The highest BCUT2D eigenvalue weighted by atomic mass is 35.5. The minimum Gasteiger partial charge on any atom is -0.336 e. The molecule has 1 fully saturated rings. The highest BCUT2D eigenvalue weighted by Gasteiger charge is 2.31. The van der Waals surface area contributed by atoms with E-state index < -0.39 is 21.9 Å². The van der Waals surface area contributed by atoms with Gasteiger partial charge in [0.1, 0.15) is 0 Å². The number of nitrogens with one attached hydrogen (secondary N) is 3. The van der Waals surface area contributed by atoms with Crippen LogP contribution >= 0.6 is 11.6 Å². The Morgan fingerprint density at radius 3 is 2.79 bits per heavy atom. The van der Waals surface area contributed by atoms with Crippen LogP contribution in [0.3, 0.4) is 0 Å². The lowest BCUT2D eigenvalue weighted by Crippen LogP contribution is -2.36. The Hall–Kier alpha value is -2.78. The number of benzene rings is 2. The maximum atomic E-state index is 12.5. The van der Waals surface area contributed by atoms with E-state index in [1.165, 1.54) is 12.1 Å². The summed E-state index contributed by atoms with van der Waals surface area (Å²) in [5, 5.41) is 8.70. The van der Waals surface area contributed by atoms with Gasteiger partial charge in [-0.1, -0.05) is 17.7 Å². The molecule has 4 rings (SSSR count). The van der Waals surface area contributed by atoms with Gasteiger partial charge in [-0.2, -0.15) is 0 Å². The first-order chi connectivity index (χ1) is 13.8. The van der Waals surface area contributed by atoms with Crippen LogP contribution in [-0.4, -0.2) is 39.3 Å². The number of rotatable bonds is 3. The van der Waals surface area contributed by atoms with E-state index in [0.717, 1.165) is 0 Å². The van der Waals surface area contributed by atoms with Crippen molar-refractivity contribution in [1.82, 2.24) is 10.6 Å². The lowest BCUT2D eigenvalue weighted by molar-refractivity contribution is 0.247. The zero-order valence-electron chi connectivity index (χ0n) is 15.3. The van der Waals surface area contributed by atoms with Crippen molar-refractivity contribution in [3.63, 3.8) is 0 Å². The van der Waals surface area contributed by atoms with Gasteiger partial charge in [0.25, 0.3) is 0 Å². The quantitative estimate of drug-likeness (QED) is 0.690. The van der Waals surface area contributed by atoms with Crippen molar-refractivity contribution in [1.29, 1.82) is 0 Å². The zero-order chi connectivity index (χ0) is 20.6. The summed E-state index contributed by atoms with van der Waals surface area (Å²) in [6.45, 7) is 1.13. The molecule has 0 unspecified atom stereocenters. The number of carbonyl (C=O) groups excluding carboxylic acids is 2. The van der Waals surface area contributed by atoms with Gasteiger partial charge < -0.3 is 16.0 Å². The minimum atomic E-state index is -3.38. The number of hydrogen-bond donors (Lipinski definition) is 3. The fraction of sp³-hybridized carbons (Fsp3) is 0.263. The molecule has 29 heavy (non-hydrogen) atoms. The van der Waals surface area contributed by atoms with Crippen molar-refractivity contribution in [2.24, 2.45) is 0 Å². The van der Waals surface area contributed by atoms with Crippen molar-refractivity contribution in [3.8, 4) is 0 Å². The Morgan fingerprint density at radius 1 is 1.21 bits per heavy atom. The van der Waals surface area contributed by atoms with Crippen LogP contribution in [0, 0.1) is 0 Å². The van der Waals surface area contributed by atoms with E-state index >= 15 is 0 Å². The number of halogens is 1. The lowest BCUT2D eigenvalue weighted by atomic mass is 10.0. The molecule has 2 aliphatic rings. The molecule has 0 radical (unpaired) electrons. The van der Waals surface area contributed by atoms with E-state index in [1.807, 2.05) is 0 Å². The number of sulfone groups is 1. The average molecular weight is 435 g/mol. The van der Waals surface area contributed by atoms with Crippen LogP contribution in [0.4, 0.5) is 21.0 Å². The molecule has 10 heteroatoms. The molecule has 4 amide bonds. The molecule has 2 aliphatic heterocycles. The fourth-order valence-corrected chi connectivity index (χ4v) is 5.34. The topological polar surface area (TPSA) is 108 Å². The monoisotopic (exact) mass is 434 g/mol. The van der Waals surface area contributed by atoms with Crippen molar-refractivity contribution in [3.05, 3.63) is 53.1 Å². The minimum absolute atomic E-state index is 0.0495. The molecule has 1 atom stereocenters. The first-order valence-corrected chi connectivity index (χ1v) is 11.1. The van der Waals surface area contributed by atoms with Gasteiger partial charge in [-0.3, -0.25) is 4.90 Å². The number of amides is 4. The molecule has 3 N–H and O–H groups in total. The SMILES string of the molecule is O=C(Nc1cccc(N2CCNC2=O)c1)N[C@H]1CCS(=O)(=O)c2ccc(Cl)cc21. The molecular formula is C19H19ClN4O4S. The molecule has 0 aliphatic carbocycles. The summed E-state index contributed by atoms with van der Waals surface area (Å²) in [7, 11) is -3.38. The number of fused-ring (bicyclic) bond motifs is 1. The van der Waals surface area contributed by atoms with E-state index in [2.05, 4.69) is 16.0 Å². The fourth-order valence-electron chi connectivity index (χ4n) is 3.56. The highest BCUT2D eigenvalue weighted by molar-refractivity contribution is 7.91. The molecule has 2 aromatic rings. The largest absolute Gasteiger partial charge is 0.336 e. The van der Waals surface area contributed by atoms with Gasteiger partial charge in [-0.05, 0) is 48.4 Å². The Kier molecular flexibility index (Phi) is 5.10. The predicted molar refractivity (Wildman–Crippen MR) is 110 cm³/mol. The number of urea groups is 2. The van der Waals surface area contributed by atoms with Gasteiger partial charge in [0.15, 0.2) is 9.84 Å². The molecule has 2 aromatic carbocycles. The summed E-state index contributed by atoms with van der Waals surface area (Å²) in [6, 6.07) is 10.4. The Labute approximate surface area is 173 Å². The van der Waals surface area contributed by atoms with Crippen LogP contribution in [0.5, 0.6) is 0 Å². The van der Waals surface area contributed by atoms with Gasteiger partial charge in [-0.25, -0.2) is 18.0 Å². The number of nitrogens with zero attached hydrogens (tertiary/aromatic N) is 1. The normalized spacial score (nSPS) is 20.0. The summed E-state index contributed by atoms with van der Waals surface area (Å²) in [5.41, 5.74) is 1.69. The van der Waals surface area contributed by atoms with Crippen LogP contribution < -0.4 is 20.9 Å². The Balaban J connectivity index is 1.50. The summed E-state index contributed by atoms with van der Waals surface area (Å²) in [6.07, 6.45) is 0.261. The Bertz CT molecular complexity index is 1090. The van der Waals surface area contributed by atoms with Gasteiger partial charge in [0.05, 0.1) is 16.7 Å². The molecule has 2 heterocycles. The summed E-state index contributed by atoms with van der Waals surface area (Å²) in [5.74, 6) is -0.0495. The zero-order valence-corrected chi connectivity index (χ0v) is 16.9. The molecular weight excluding hydrogens is 416 g/mol. The standard InChI is InChI=1S/C19H19ClN4O4S/c20-12-4-5-17-15(10-12)16(6-9-29(17,27)28)23-18(25)22-13-2-1-3-14(11-13)24-8-7-21-19(24)26/h1-5,10-11,16H,6-9H2,(H,21,26)(H2,22,23,25)/t16-/m0/s1. The summed E-state index contributed by atoms with van der Waals surface area (Å²) < 4.78 is 24.6. The molecule has 152 valence electrons. The maximum Gasteiger partial charge on any atom is 0.321 e. The van der Waals surface area contributed by atoms with Crippen molar-refractivity contribution in [2.75, 3.05) is 29.1 Å². The number of hydrogen-bond acceptors (Lipinski definition) is 4. The van der Waals surface area contributed by atoms with Gasteiger partial charge >= 0.3 is 12.1 Å². The Morgan fingerprint density at radius 2 is 2.03 bits per heavy atom. The highest BCUT2D eigenvalue weighted by Crippen LogP contribution is 2.34. The average Bonchev–Trinajstić information content (AvgIpc) is 3.10. The third kappa shape index (κ3) is 4.01. The first-order valence-electron chi connectivity index (χ1n) is 9.09. The second-order valence-electron chi connectivity index (χ2n) is 6.87. The molecule has 8 nitrogen and oxygen atoms in total. The van der Waals surface area contributed by atoms with Crippen LogP contribution in [0.1, 0.15) is 18.0 Å². The summed E-state index contributed by atoms with van der Waals surface area (Å²) >= 11 is 6.03. The van der Waals surface area contributed by atoms with Crippen LogP contribution in [-0.2, 0) is 9.84 Å². The smallest absolute Gasteiger partial charge is 0.321 e. The molecule has 0 saturated carbocycles. The molecule has 0 aromatic heterocycles. The van der Waals surface area contributed by atoms with Crippen LogP contribution in [0.25, 0.3) is 0 Å². The van der Waals surface area contributed by atoms with Crippen molar-refractivity contribution >= 4 is 44.9 Å². The number of anilines is 2. The lowest BCUT2D eigenvalue weighted by Gasteiger charge is -2.26. The van der Waals surface area contributed by atoms with E-state index in [-0.39, 0.29) is 23.1 Å². The van der Waals surface area contributed by atoms with Crippen molar-refractivity contribution in [2.45, 2.75) is 17.4 Å². The maximum absolute atomic E-state index is 12.5. The number of carbonyl (C=O) groups is 2. The summed E-state index contributed by atoms with van der Waals surface area (Å²) in [4.78, 5) is 26.1. The van der Waals surface area contributed by atoms with Gasteiger partial charge in [0, 0.05) is 29.5 Å².